The van der Waals surface area contributed by atoms with Gasteiger partial charge in [-0.3, -0.25) is 9.59 Å². The summed E-state index contributed by atoms with van der Waals surface area (Å²) in [6.45, 7) is 4.22. The van der Waals surface area contributed by atoms with Crippen LogP contribution in [0, 0.1) is 17.3 Å². The molecule has 8 nitrogen and oxygen atoms in total. The van der Waals surface area contributed by atoms with E-state index in [1.807, 2.05) is 0 Å². The summed E-state index contributed by atoms with van der Waals surface area (Å²) < 4.78 is 5.10. The number of pyridine rings is 2. The molecule has 182 valence electrons. The van der Waals surface area contributed by atoms with Gasteiger partial charge in [0.05, 0.1) is 18.6 Å². The van der Waals surface area contributed by atoms with Gasteiger partial charge in [-0.15, -0.1) is 0 Å². The highest BCUT2D eigenvalue weighted by atomic mass is 16.5. The number of carboxylic acid groups (broad SMARTS) is 1. The van der Waals surface area contributed by atoms with E-state index in [4.69, 9.17) is 9.72 Å². The van der Waals surface area contributed by atoms with Crippen molar-refractivity contribution in [3.05, 3.63) is 47.3 Å². The van der Waals surface area contributed by atoms with E-state index in [-0.39, 0.29) is 11.8 Å². The van der Waals surface area contributed by atoms with Gasteiger partial charge < -0.3 is 20.5 Å². The van der Waals surface area contributed by atoms with Crippen molar-refractivity contribution in [3.8, 4) is 5.88 Å². The molecule has 4 rings (SSSR count). The summed E-state index contributed by atoms with van der Waals surface area (Å²) in [5, 5.41) is 16.2. The second kappa shape index (κ2) is 9.99. The van der Waals surface area contributed by atoms with Crippen LogP contribution in [0.25, 0.3) is 0 Å². The summed E-state index contributed by atoms with van der Waals surface area (Å²) >= 11 is 0. The van der Waals surface area contributed by atoms with E-state index in [0.717, 1.165) is 56.6 Å². The first kappa shape index (κ1) is 24.0. The molecule has 1 amide bonds. The smallest absolute Gasteiger partial charge is 0.311 e. The minimum absolute atomic E-state index is 0.0949. The minimum atomic E-state index is -1.19. The molecule has 2 aromatic heterocycles. The average Bonchev–Trinajstić information content (AvgIpc) is 2.81. The minimum Gasteiger partial charge on any atom is -0.481 e. The number of aliphatic carboxylic acids is 1. The van der Waals surface area contributed by atoms with Crippen LogP contribution in [0.5, 0.6) is 5.88 Å². The molecule has 1 aliphatic heterocycles. The van der Waals surface area contributed by atoms with Crippen LogP contribution in [0.4, 0.5) is 5.82 Å². The first-order valence-corrected chi connectivity index (χ1v) is 12.0. The van der Waals surface area contributed by atoms with E-state index < -0.39 is 17.4 Å². The van der Waals surface area contributed by atoms with E-state index in [0.29, 0.717) is 17.4 Å². The molecule has 1 aliphatic carbocycles. The van der Waals surface area contributed by atoms with Gasteiger partial charge in [0, 0.05) is 30.4 Å². The average molecular weight is 467 g/mol. The number of anilines is 1. The molecule has 0 aromatic carbocycles. The van der Waals surface area contributed by atoms with Crippen LogP contribution in [0.2, 0.25) is 0 Å². The SMILES string of the molecule is COc1ccc(C(NC(=O)C2CC(CCc3ccc4c(n3)NCCC4)C2)C(C)(C)C(=O)O)cn1. The summed E-state index contributed by atoms with van der Waals surface area (Å²) in [4.78, 5) is 33.9. The normalized spacial score (nSPS) is 20.3. The van der Waals surface area contributed by atoms with Gasteiger partial charge in [-0.05, 0) is 75.5 Å². The number of carbonyl (C=O) groups excluding carboxylic acids is 1. The molecule has 1 saturated carbocycles. The molecular formula is C26H34N4O4. The molecule has 2 aliphatic rings. The number of hydrogen-bond acceptors (Lipinski definition) is 6. The van der Waals surface area contributed by atoms with Gasteiger partial charge in [-0.1, -0.05) is 12.1 Å². The third-order valence-electron chi connectivity index (χ3n) is 7.23. The number of nitrogens with one attached hydrogen (secondary N) is 2. The maximum absolute atomic E-state index is 13.0. The Morgan fingerprint density at radius 2 is 2.06 bits per heavy atom. The van der Waals surface area contributed by atoms with Crippen LogP contribution in [0.15, 0.2) is 30.5 Å². The zero-order chi connectivity index (χ0) is 24.3. The Kier molecular flexibility index (Phi) is 7.05. The number of carboxylic acids is 1. The monoisotopic (exact) mass is 466 g/mol. The molecule has 1 fully saturated rings. The molecule has 8 heteroatoms. The number of methoxy groups -OCH3 is 1. The number of hydrogen-bond donors (Lipinski definition) is 3. The lowest BCUT2D eigenvalue weighted by molar-refractivity contribution is -0.149. The van der Waals surface area contributed by atoms with Crippen LogP contribution in [-0.2, 0) is 22.4 Å². The van der Waals surface area contributed by atoms with Crippen molar-refractivity contribution in [2.24, 2.45) is 17.3 Å². The molecule has 0 radical (unpaired) electrons. The van der Waals surface area contributed by atoms with Gasteiger partial charge in [0.2, 0.25) is 11.8 Å². The van der Waals surface area contributed by atoms with Crippen LogP contribution in [0.1, 0.15) is 62.4 Å². The van der Waals surface area contributed by atoms with E-state index in [1.54, 1.807) is 32.2 Å². The van der Waals surface area contributed by atoms with Crippen molar-refractivity contribution in [1.29, 1.82) is 0 Å². The van der Waals surface area contributed by atoms with Crippen molar-refractivity contribution in [3.63, 3.8) is 0 Å². The maximum Gasteiger partial charge on any atom is 0.311 e. The van der Waals surface area contributed by atoms with Gasteiger partial charge >= 0.3 is 5.97 Å². The van der Waals surface area contributed by atoms with E-state index in [1.165, 1.54) is 12.7 Å². The first-order chi connectivity index (χ1) is 16.3. The Morgan fingerprint density at radius 1 is 1.26 bits per heavy atom. The first-order valence-electron chi connectivity index (χ1n) is 12.0. The number of nitrogens with zero attached hydrogens (tertiary/aromatic N) is 2. The van der Waals surface area contributed by atoms with Gasteiger partial charge in [0.1, 0.15) is 5.82 Å². The summed E-state index contributed by atoms with van der Waals surface area (Å²) in [5.74, 6) is 0.772. The Labute approximate surface area is 200 Å². The highest BCUT2D eigenvalue weighted by Crippen LogP contribution is 2.39. The molecule has 3 N–H and O–H groups in total. The molecule has 1 unspecified atom stereocenters. The van der Waals surface area contributed by atoms with Crippen molar-refractivity contribution >= 4 is 17.7 Å². The Morgan fingerprint density at radius 3 is 2.74 bits per heavy atom. The van der Waals surface area contributed by atoms with Crippen molar-refractivity contribution < 1.29 is 19.4 Å². The zero-order valence-corrected chi connectivity index (χ0v) is 20.1. The van der Waals surface area contributed by atoms with E-state index in [9.17, 15) is 14.7 Å². The number of carbonyl (C=O) groups is 2. The standard InChI is InChI=1S/C26H34N4O4/c1-26(2,25(32)33)22(18-8-11-21(34-3)28-15-18)30-24(31)19-13-16(14-19)6-9-20-10-7-17-5-4-12-27-23(17)29-20/h7-8,10-11,15-16,19,22H,4-6,9,12-14H2,1-3H3,(H,27,29)(H,30,31)(H,32,33). The predicted molar refractivity (Wildman–Crippen MR) is 129 cm³/mol. The molecule has 3 heterocycles. The fourth-order valence-electron chi connectivity index (χ4n) is 4.79. The molecule has 2 aromatic rings. The van der Waals surface area contributed by atoms with Gasteiger partial charge in [-0.25, -0.2) is 9.97 Å². The number of aryl methyl sites for hydroxylation is 2. The van der Waals surface area contributed by atoms with Crippen molar-refractivity contribution in [2.75, 3.05) is 19.0 Å². The Hall–Kier alpha value is -3.16. The topological polar surface area (TPSA) is 113 Å². The molecule has 0 bridgehead atoms. The highest BCUT2D eigenvalue weighted by Gasteiger charge is 2.42. The lowest BCUT2D eigenvalue weighted by Gasteiger charge is -2.38. The quantitative estimate of drug-likeness (QED) is 0.515. The van der Waals surface area contributed by atoms with E-state index in [2.05, 4.69) is 27.8 Å². The number of aromatic nitrogens is 2. The van der Waals surface area contributed by atoms with Crippen molar-refractivity contribution in [2.45, 2.75) is 58.4 Å². The summed E-state index contributed by atoms with van der Waals surface area (Å²) in [7, 11) is 1.52. The third-order valence-corrected chi connectivity index (χ3v) is 7.23. The van der Waals surface area contributed by atoms with Crippen LogP contribution >= 0.6 is 0 Å². The number of fused-ring (bicyclic) bond motifs is 1. The third kappa shape index (κ3) is 5.16. The maximum atomic E-state index is 13.0. The Bertz CT molecular complexity index is 1030. The molecular weight excluding hydrogens is 432 g/mol. The lowest BCUT2D eigenvalue weighted by atomic mass is 9.71. The summed E-state index contributed by atoms with van der Waals surface area (Å²) in [5.41, 5.74) is 1.84. The van der Waals surface area contributed by atoms with Crippen LogP contribution in [0.3, 0.4) is 0 Å². The van der Waals surface area contributed by atoms with E-state index >= 15 is 0 Å². The van der Waals surface area contributed by atoms with Gasteiger partial charge in [0.25, 0.3) is 0 Å². The lowest BCUT2D eigenvalue weighted by Crippen LogP contribution is -2.46. The summed E-state index contributed by atoms with van der Waals surface area (Å²) in [6.07, 6.45) is 7.34. The fraction of sp³-hybridized carbons (Fsp3) is 0.538. The van der Waals surface area contributed by atoms with Crippen LogP contribution < -0.4 is 15.4 Å². The molecule has 0 saturated heterocycles. The van der Waals surface area contributed by atoms with Crippen LogP contribution in [-0.4, -0.2) is 40.6 Å². The second-order valence-electron chi connectivity index (χ2n) is 10.0. The fourth-order valence-corrected chi connectivity index (χ4v) is 4.79. The van der Waals surface area contributed by atoms with Gasteiger partial charge in [0.15, 0.2) is 0 Å². The number of amides is 1. The van der Waals surface area contributed by atoms with Gasteiger partial charge in [-0.2, -0.15) is 0 Å². The Balaban J connectivity index is 1.33. The zero-order valence-electron chi connectivity index (χ0n) is 20.1. The molecule has 0 spiro atoms. The predicted octanol–water partition coefficient (Wildman–Crippen LogP) is 3.77. The molecule has 34 heavy (non-hydrogen) atoms. The number of rotatable bonds is 9. The molecule has 1 atom stereocenters. The van der Waals surface area contributed by atoms with Crippen molar-refractivity contribution in [1.82, 2.24) is 15.3 Å². The number of ether oxygens (including phenoxy) is 1. The largest absolute Gasteiger partial charge is 0.481 e. The summed E-state index contributed by atoms with van der Waals surface area (Å²) in [6, 6.07) is 7.04. The second-order valence-corrected chi connectivity index (χ2v) is 10.0. The highest BCUT2D eigenvalue weighted by molar-refractivity contribution is 5.82.